The van der Waals surface area contributed by atoms with Crippen molar-refractivity contribution in [2.24, 2.45) is 0 Å². The Kier molecular flexibility index (Phi) is 7.62. The Morgan fingerprint density at radius 1 is 0.882 bits per heavy atom. The highest BCUT2D eigenvalue weighted by molar-refractivity contribution is 7.92. The van der Waals surface area contributed by atoms with Crippen LogP contribution in [0.1, 0.15) is 59.1 Å². The molecule has 6 heteroatoms. The van der Waals surface area contributed by atoms with Gasteiger partial charge in [-0.05, 0) is 73.9 Å². The zero-order valence-electron chi connectivity index (χ0n) is 20.5. The van der Waals surface area contributed by atoms with Crippen LogP contribution in [0.3, 0.4) is 0 Å². The van der Waals surface area contributed by atoms with Gasteiger partial charge in [-0.1, -0.05) is 45.0 Å². The van der Waals surface area contributed by atoms with E-state index < -0.39 is 10.0 Å². The van der Waals surface area contributed by atoms with E-state index in [-0.39, 0.29) is 10.7 Å². The third-order valence-corrected chi connectivity index (χ3v) is 7.11. The van der Waals surface area contributed by atoms with Gasteiger partial charge in [0.25, 0.3) is 10.0 Å². The van der Waals surface area contributed by atoms with Gasteiger partial charge in [0.15, 0.2) is 5.78 Å². The number of hydrogen-bond donors (Lipinski definition) is 1. The fraction of sp³-hybridized carbons (Fsp3) is 0.250. The molecule has 0 fully saturated rings. The number of aryl methyl sites for hydroxylation is 4. The van der Waals surface area contributed by atoms with E-state index in [1.54, 1.807) is 43.3 Å². The fourth-order valence-electron chi connectivity index (χ4n) is 3.81. The van der Waals surface area contributed by atoms with Crippen molar-refractivity contribution < 1.29 is 17.6 Å². The maximum Gasteiger partial charge on any atom is 0.261 e. The van der Waals surface area contributed by atoms with E-state index in [2.05, 4.69) is 4.72 Å². The second kappa shape index (κ2) is 10.3. The normalized spacial score (nSPS) is 11.1. The predicted octanol–water partition coefficient (Wildman–Crippen LogP) is 6.98. The Bertz CT molecular complexity index is 1450. The van der Waals surface area contributed by atoms with E-state index in [9.17, 15) is 13.2 Å². The van der Waals surface area contributed by atoms with Crippen LogP contribution in [0, 0.1) is 20.8 Å². The first-order valence-corrected chi connectivity index (χ1v) is 13.0. The van der Waals surface area contributed by atoms with Crippen LogP contribution in [0.2, 0.25) is 0 Å². The molecule has 34 heavy (non-hydrogen) atoms. The van der Waals surface area contributed by atoms with E-state index in [0.29, 0.717) is 40.1 Å². The van der Waals surface area contributed by atoms with Gasteiger partial charge in [0.05, 0.1) is 10.5 Å². The summed E-state index contributed by atoms with van der Waals surface area (Å²) in [5, 5.41) is 0.785. The first-order chi connectivity index (χ1) is 16.2. The summed E-state index contributed by atoms with van der Waals surface area (Å²) in [5.74, 6) is 0.517. The number of rotatable bonds is 6. The van der Waals surface area contributed by atoms with Crippen LogP contribution in [0.15, 0.2) is 70.0 Å². The number of nitrogens with one attached hydrogen (secondary N) is 1. The van der Waals surface area contributed by atoms with Gasteiger partial charge >= 0.3 is 0 Å². The molecule has 0 aliphatic heterocycles. The highest BCUT2D eigenvalue weighted by atomic mass is 32.2. The molecule has 0 bridgehead atoms. The third-order valence-electron chi connectivity index (χ3n) is 5.73. The van der Waals surface area contributed by atoms with Crippen LogP contribution < -0.4 is 4.72 Å². The smallest absolute Gasteiger partial charge is 0.261 e. The lowest BCUT2D eigenvalue weighted by atomic mass is 9.96. The summed E-state index contributed by atoms with van der Waals surface area (Å²) in [6, 6.07) is 17.5. The molecule has 0 aliphatic rings. The predicted molar refractivity (Wildman–Crippen MR) is 138 cm³/mol. The highest BCUT2D eigenvalue weighted by Crippen LogP contribution is 2.30. The van der Waals surface area contributed by atoms with Crippen molar-refractivity contribution in [2.75, 3.05) is 4.72 Å². The van der Waals surface area contributed by atoms with Crippen molar-refractivity contribution in [3.05, 3.63) is 94.2 Å². The molecule has 0 saturated heterocycles. The minimum atomic E-state index is -3.74. The largest absolute Gasteiger partial charge is 0.460 e. The standard InChI is InChI=1S/C26H25NO4S.C2H6/c1-5-23-25(22-8-6-7-9-24(22)31-23)26(28)21-13-11-19(14-18(21)4)27-32(29,30)20-12-10-16(2)17(3)15-20;1-2/h6-15,27H,5H2,1-4H3;1-2H3. The Morgan fingerprint density at radius 3 is 2.24 bits per heavy atom. The number of anilines is 1. The number of carbonyl (C=O) groups is 1. The molecule has 178 valence electrons. The van der Waals surface area contributed by atoms with Gasteiger partial charge in [0.1, 0.15) is 11.3 Å². The third kappa shape index (κ3) is 4.92. The van der Waals surface area contributed by atoms with Crippen molar-refractivity contribution in [2.45, 2.75) is 52.9 Å². The molecule has 1 aromatic heterocycles. The second-order valence-electron chi connectivity index (χ2n) is 7.96. The Labute approximate surface area is 201 Å². The zero-order chi connectivity index (χ0) is 25.0. The summed E-state index contributed by atoms with van der Waals surface area (Å²) in [4.78, 5) is 13.6. The molecular weight excluding hydrogens is 446 g/mol. The number of fused-ring (bicyclic) bond motifs is 1. The highest BCUT2D eigenvalue weighted by Gasteiger charge is 2.23. The van der Waals surface area contributed by atoms with E-state index in [0.717, 1.165) is 16.5 Å². The van der Waals surface area contributed by atoms with Crippen LogP contribution in [-0.4, -0.2) is 14.2 Å². The fourth-order valence-corrected chi connectivity index (χ4v) is 4.94. The SMILES string of the molecule is CC.CCc1oc2ccccc2c1C(=O)c1ccc(NS(=O)(=O)c2ccc(C)c(C)c2)cc1C. The van der Waals surface area contributed by atoms with Gasteiger partial charge in [0, 0.05) is 23.1 Å². The van der Waals surface area contributed by atoms with Crippen LogP contribution >= 0.6 is 0 Å². The molecule has 0 saturated carbocycles. The Hall–Kier alpha value is -3.38. The lowest BCUT2D eigenvalue weighted by Gasteiger charge is -2.12. The van der Waals surface area contributed by atoms with E-state index >= 15 is 0 Å². The zero-order valence-corrected chi connectivity index (χ0v) is 21.3. The summed E-state index contributed by atoms with van der Waals surface area (Å²) in [6.07, 6.45) is 0.600. The second-order valence-corrected chi connectivity index (χ2v) is 9.64. The van der Waals surface area contributed by atoms with E-state index in [1.807, 2.05) is 58.9 Å². The van der Waals surface area contributed by atoms with Crippen molar-refractivity contribution >= 4 is 32.5 Å². The van der Waals surface area contributed by atoms with Gasteiger partial charge in [0.2, 0.25) is 0 Å². The number of sulfonamides is 1. The molecule has 5 nitrogen and oxygen atoms in total. The van der Waals surface area contributed by atoms with Gasteiger partial charge < -0.3 is 4.42 Å². The molecule has 0 aliphatic carbocycles. The molecule has 0 unspecified atom stereocenters. The van der Waals surface area contributed by atoms with Crippen molar-refractivity contribution in [1.82, 2.24) is 0 Å². The molecule has 0 amide bonds. The van der Waals surface area contributed by atoms with Crippen molar-refractivity contribution in [1.29, 1.82) is 0 Å². The number of ketones is 1. The number of benzene rings is 3. The maximum absolute atomic E-state index is 13.4. The molecule has 1 heterocycles. The van der Waals surface area contributed by atoms with Crippen LogP contribution in [-0.2, 0) is 16.4 Å². The monoisotopic (exact) mass is 477 g/mol. The van der Waals surface area contributed by atoms with Crippen LogP contribution in [0.5, 0.6) is 0 Å². The number of hydrogen-bond acceptors (Lipinski definition) is 4. The summed E-state index contributed by atoms with van der Waals surface area (Å²) >= 11 is 0. The summed E-state index contributed by atoms with van der Waals surface area (Å²) < 4.78 is 34.1. The lowest BCUT2D eigenvalue weighted by Crippen LogP contribution is -2.14. The number of furan rings is 1. The van der Waals surface area contributed by atoms with Crippen molar-refractivity contribution in [3.63, 3.8) is 0 Å². The van der Waals surface area contributed by atoms with Crippen LogP contribution in [0.4, 0.5) is 5.69 Å². The molecular formula is C28H31NO4S. The molecule has 4 rings (SSSR count). The Balaban J connectivity index is 0.00000158. The van der Waals surface area contributed by atoms with Gasteiger partial charge in [-0.3, -0.25) is 9.52 Å². The molecule has 0 radical (unpaired) electrons. The van der Waals surface area contributed by atoms with Gasteiger partial charge in [-0.25, -0.2) is 8.42 Å². The first-order valence-electron chi connectivity index (χ1n) is 11.5. The van der Waals surface area contributed by atoms with Gasteiger partial charge in [-0.15, -0.1) is 0 Å². The maximum atomic E-state index is 13.4. The number of carbonyl (C=O) groups excluding carboxylic acids is 1. The topological polar surface area (TPSA) is 76.4 Å². The summed E-state index contributed by atoms with van der Waals surface area (Å²) in [5.41, 5.74) is 4.79. The summed E-state index contributed by atoms with van der Waals surface area (Å²) in [7, 11) is -3.74. The molecule has 0 atom stereocenters. The molecule has 0 spiro atoms. The molecule has 1 N–H and O–H groups in total. The average Bonchev–Trinajstić information content (AvgIpc) is 3.20. The van der Waals surface area contributed by atoms with E-state index in [4.69, 9.17) is 4.42 Å². The van der Waals surface area contributed by atoms with Crippen LogP contribution in [0.25, 0.3) is 11.0 Å². The molecule has 3 aromatic carbocycles. The first kappa shape index (κ1) is 25.2. The molecule has 4 aromatic rings. The average molecular weight is 478 g/mol. The van der Waals surface area contributed by atoms with E-state index in [1.165, 1.54) is 0 Å². The Morgan fingerprint density at radius 2 is 1.59 bits per heavy atom. The van der Waals surface area contributed by atoms with Crippen molar-refractivity contribution in [3.8, 4) is 0 Å². The minimum Gasteiger partial charge on any atom is -0.460 e. The van der Waals surface area contributed by atoms with Gasteiger partial charge in [-0.2, -0.15) is 0 Å². The minimum absolute atomic E-state index is 0.132. The quantitative estimate of drug-likeness (QED) is 0.304. The summed E-state index contributed by atoms with van der Waals surface area (Å²) in [6.45, 7) is 11.6. The lowest BCUT2D eigenvalue weighted by molar-refractivity contribution is 0.103. The number of para-hydroxylation sites is 1.